The van der Waals surface area contributed by atoms with E-state index < -0.39 is 0 Å². The summed E-state index contributed by atoms with van der Waals surface area (Å²) in [5.74, 6) is 1.35. The molecule has 4 aromatic rings. The third-order valence-corrected chi connectivity index (χ3v) is 5.56. The molecule has 29 heavy (non-hydrogen) atoms. The lowest BCUT2D eigenvalue weighted by molar-refractivity contribution is 0.185. The van der Waals surface area contributed by atoms with Gasteiger partial charge in [0.15, 0.2) is 11.0 Å². The number of hydrogen-bond donors (Lipinski definition) is 1. The predicted molar refractivity (Wildman–Crippen MR) is 112 cm³/mol. The summed E-state index contributed by atoms with van der Waals surface area (Å²) in [7, 11) is 1.66. The summed E-state index contributed by atoms with van der Waals surface area (Å²) in [6, 6.07) is 11.1. The second kappa shape index (κ2) is 8.54. The Bertz CT molecular complexity index is 1170. The summed E-state index contributed by atoms with van der Waals surface area (Å²) < 4.78 is 7.27. The van der Waals surface area contributed by atoms with Crippen LogP contribution in [0.5, 0.6) is 0 Å². The molecule has 0 aliphatic carbocycles. The van der Waals surface area contributed by atoms with Crippen molar-refractivity contribution >= 4 is 22.7 Å². The number of H-pyrrole nitrogens is 1. The molecule has 0 fully saturated rings. The number of pyridine rings is 1. The molecule has 0 spiro atoms. The fraction of sp³-hybridized carbons (Fsp3) is 0.250. The minimum absolute atomic E-state index is 0.122. The topological polar surface area (TPSA) is 98.6 Å². The summed E-state index contributed by atoms with van der Waals surface area (Å²) >= 11 is 1.49. The van der Waals surface area contributed by atoms with Gasteiger partial charge in [0.1, 0.15) is 5.82 Å². The Balaban J connectivity index is 1.67. The molecule has 9 heteroatoms. The van der Waals surface area contributed by atoms with Crippen LogP contribution in [0.2, 0.25) is 0 Å². The standard InChI is InChI=1S/C20H20N6O2S/c1-13(17-22-16-6-4-3-5-15(16)19(27)23-17)29-20-25-24-18(26(20)11-12-28-2)14-7-9-21-10-8-14/h3-10,13H,11-12H2,1-2H3,(H,22,23,27). The van der Waals surface area contributed by atoms with E-state index >= 15 is 0 Å². The normalized spacial score (nSPS) is 12.3. The maximum atomic E-state index is 12.4. The Labute approximate surface area is 171 Å². The van der Waals surface area contributed by atoms with Gasteiger partial charge < -0.3 is 9.72 Å². The molecule has 0 aliphatic heterocycles. The maximum absolute atomic E-state index is 12.4. The summed E-state index contributed by atoms with van der Waals surface area (Å²) in [6.07, 6.45) is 3.45. The van der Waals surface area contributed by atoms with Crippen molar-refractivity contribution in [3.05, 3.63) is 65.0 Å². The van der Waals surface area contributed by atoms with Gasteiger partial charge >= 0.3 is 0 Å². The average Bonchev–Trinajstić information content (AvgIpc) is 3.15. The van der Waals surface area contributed by atoms with E-state index in [1.165, 1.54) is 11.8 Å². The van der Waals surface area contributed by atoms with Crippen LogP contribution in [-0.4, -0.2) is 43.4 Å². The molecule has 8 nitrogen and oxygen atoms in total. The number of fused-ring (bicyclic) bond motifs is 1. The quantitative estimate of drug-likeness (QED) is 0.469. The molecular weight excluding hydrogens is 388 g/mol. The van der Waals surface area contributed by atoms with Crippen molar-refractivity contribution in [2.24, 2.45) is 0 Å². The number of ether oxygens (including phenoxy) is 1. The molecule has 0 saturated heterocycles. The first kappa shape index (κ1) is 19.3. The van der Waals surface area contributed by atoms with Gasteiger partial charge in [0.05, 0.1) is 29.3 Å². The van der Waals surface area contributed by atoms with Gasteiger partial charge in [-0.2, -0.15) is 0 Å². The zero-order valence-corrected chi connectivity index (χ0v) is 16.9. The van der Waals surface area contributed by atoms with Gasteiger partial charge in [-0.1, -0.05) is 23.9 Å². The van der Waals surface area contributed by atoms with Crippen molar-refractivity contribution in [2.45, 2.75) is 23.9 Å². The van der Waals surface area contributed by atoms with Gasteiger partial charge in [-0.3, -0.25) is 14.3 Å². The highest BCUT2D eigenvalue weighted by atomic mass is 32.2. The van der Waals surface area contributed by atoms with Crippen LogP contribution in [0.15, 0.2) is 58.7 Å². The van der Waals surface area contributed by atoms with Crippen LogP contribution in [0.1, 0.15) is 18.0 Å². The molecule has 1 unspecified atom stereocenters. The summed E-state index contributed by atoms with van der Waals surface area (Å²) in [5.41, 5.74) is 1.47. The second-order valence-corrected chi connectivity index (χ2v) is 7.72. The van der Waals surface area contributed by atoms with Crippen LogP contribution in [0, 0.1) is 0 Å². The molecule has 1 atom stereocenters. The van der Waals surface area contributed by atoms with E-state index in [9.17, 15) is 4.79 Å². The van der Waals surface area contributed by atoms with Crippen molar-refractivity contribution in [1.82, 2.24) is 29.7 Å². The number of nitrogens with zero attached hydrogens (tertiary/aromatic N) is 5. The molecule has 148 valence electrons. The number of hydrogen-bond acceptors (Lipinski definition) is 7. The van der Waals surface area contributed by atoms with Crippen LogP contribution in [0.25, 0.3) is 22.3 Å². The highest BCUT2D eigenvalue weighted by Gasteiger charge is 2.19. The zero-order valence-electron chi connectivity index (χ0n) is 16.1. The molecule has 0 amide bonds. The van der Waals surface area contributed by atoms with E-state index in [4.69, 9.17) is 4.74 Å². The predicted octanol–water partition coefficient (Wildman–Crippen LogP) is 3.08. The van der Waals surface area contributed by atoms with Crippen molar-refractivity contribution in [3.8, 4) is 11.4 Å². The minimum Gasteiger partial charge on any atom is -0.383 e. The molecule has 0 saturated carbocycles. The van der Waals surface area contributed by atoms with E-state index in [1.807, 2.05) is 41.8 Å². The van der Waals surface area contributed by atoms with Crippen LogP contribution in [-0.2, 0) is 11.3 Å². The number of aromatic nitrogens is 6. The largest absolute Gasteiger partial charge is 0.383 e. The lowest BCUT2D eigenvalue weighted by atomic mass is 10.2. The monoisotopic (exact) mass is 408 g/mol. The summed E-state index contributed by atoms with van der Waals surface area (Å²) in [4.78, 5) is 24.0. The molecule has 3 heterocycles. The van der Waals surface area contributed by atoms with Gasteiger partial charge in [0, 0.05) is 25.1 Å². The zero-order chi connectivity index (χ0) is 20.2. The van der Waals surface area contributed by atoms with Crippen LogP contribution in [0.3, 0.4) is 0 Å². The molecule has 1 N–H and O–H groups in total. The van der Waals surface area contributed by atoms with Crippen molar-refractivity contribution in [1.29, 1.82) is 0 Å². The van der Waals surface area contributed by atoms with E-state index in [-0.39, 0.29) is 10.8 Å². The van der Waals surface area contributed by atoms with E-state index in [2.05, 4.69) is 25.1 Å². The van der Waals surface area contributed by atoms with Crippen LogP contribution in [0.4, 0.5) is 0 Å². The molecule has 0 aliphatic rings. The molecule has 0 radical (unpaired) electrons. The minimum atomic E-state index is -0.142. The van der Waals surface area contributed by atoms with E-state index in [0.717, 1.165) is 16.5 Å². The van der Waals surface area contributed by atoms with Gasteiger partial charge in [-0.15, -0.1) is 10.2 Å². The van der Waals surface area contributed by atoms with E-state index in [0.29, 0.717) is 29.9 Å². The van der Waals surface area contributed by atoms with Gasteiger partial charge in [-0.25, -0.2) is 4.98 Å². The smallest absolute Gasteiger partial charge is 0.258 e. The van der Waals surface area contributed by atoms with Crippen molar-refractivity contribution in [3.63, 3.8) is 0 Å². The highest BCUT2D eigenvalue weighted by molar-refractivity contribution is 7.99. The Kier molecular flexibility index (Phi) is 5.68. The van der Waals surface area contributed by atoms with Gasteiger partial charge in [0.2, 0.25) is 0 Å². The van der Waals surface area contributed by atoms with Crippen molar-refractivity contribution in [2.75, 3.05) is 13.7 Å². The number of nitrogens with one attached hydrogen (secondary N) is 1. The molecular formula is C20H20N6O2S. The molecule has 0 bridgehead atoms. The fourth-order valence-corrected chi connectivity index (χ4v) is 3.92. The Morgan fingerprint density at radius 2 is 1.97 bits per heavy atom. The molecule has 3 aromatic heterocycles. The first-order valence-electron chi connectivity index (χ1n) is 9.15. The molecule has 1 aromatic carbocycles. The lowest BCUT2D eigenvalue weighted by Gasteiger charge is -2.13. The highest BCUT2D eigenvalue weighted by Crippen LogP contribution is 2.33. The number of benzene rings is 1. The number of methoxy groups -OCH3 is 1. The number of aromatic amines is 1. The third kappa shape index (κ3) is 4.06. The Morgan fingerprint density at radius 1 is 1.17 bits per heavy atom. The van der Waals surface area contributed by atoms with Crippen molar-refractivity contribution < 1.29 is 4.74 Å². The van der Waals surface area contributed by atoms with Crippen LogP contribution < -0.4 is 5.56 Å². The van der Waals surface area contributed by atoms with Crippen LogP contribution >= 0.6 is 11.8 Å². The summed E-state index contributed by atoms with van der Waals surface area (Å²) in [6.45, 7) is 3.13. The Morgan fingerprint density at radius 3 is 2.76 bits per heavy atom. The lowest BCUT2D eigenvalue weighted by Crippen LogP contribution is -2.13. The first-order valence-corrected chi connectivity index (χ1v) is 10.0. The van der Waals surface area contributed by atoms with E-state index in [1.54, 1.807) is 25.6 Å². The fourth-order valence-electron chi connectivity index (χ4n) is 2.99. The number of thioether (sulfide) groups is 1. The van der Waals surface area contributed by atoms with Gasteiger partial charge in [-0.05, 0) is 31.2 Å². The second-order valence-electron chi connectivity index (χ2n) is 6.41. The van der Waals surface area contributed by atoms with Gasteiger partial charge in [0.25, 0.3) is 5.56 Å². The SMILES string of the molecule is COCCn1c(SC(C)c2nc3ccccc3c(=O)[nH]2)nnc1-c1ccncc1. The third-order valence-electron chi connectivity index (χ3n) is 4.47. The maximum Gasteiger partial charge on any atom is 0.258 e. The number of rotatable bonds is 7. The summed E-state index contributed by atoms with van der Waals surface area (Å²) in [5, 5.41) is 9.94. The Hall–Kier alpha value is -3.04. The average molecular weight is 408 g/mol. The first-order chi connectivity index (χ1) is 14.2. The number of para-hydroxylation sites is 1. The molecule has 4 rings (SSSR count).